The smallest absolute Gasteiger partial charge is 0.261 e. The van der Waals surface area contributed by atoms with Crippen LogP contribution in [0.4, 0.5) is 5.69 Å². The molecule has 0 radical (unpaired) electrons. The zero-order valence-corrected chi connectivity index (χ0v) is 13.4. The first-order chi connectivity index (χ1) is 9.92. The number of halogens is 1. The molecular formula is C15H17ClN2O2S. The SMILES string of the molecule is CCC(C)c1ccc(S(=O)(=O)Nc2ccc(Cl)nc2)cc1. The number of hydrogen-bond donors (Lipinski definition) is 1. The Labute approximate surface area is 130 Å². The molecule has 1 atom stereocenters. The van der Waals surface area contributed by atoms with E-state index < -0.39 is 10.0 Å². The van der Waals surface area contributed by atoms with Gasteiger partial charge in [0.2, 0.25) is 0 Å². The first kappa shape index (κ1) is 15.8. The van der Waals surface area contributed by atoms with E-state index in [1.54, 1.807) is 18.2 Å². The number of anilines is 1. The van der Waals surface area contributed by atoms with Gasteiger partial charge in [-0.2, -0.15) is 0 Å². The average molecular weight is 325 g/mol. The number of sulfonamides is 1. The van der Waals surface area contributed by atoms with Crippen molar-refractivity contribution in [3.63, 3.8) is 0 Å². The van der Waals surface area contributed by atoms with Crippen molar-refractivity contribution in [3.8, 4) is 0 Å². The van der Waals surface area contributed by atoms with Crippen LogP contribution in [0.3, 0.4) is 0 Å². The van der Waals surface area contributed by atoms with Crippen molar-refractivity contribution in [2.24, 2.45) is 0 Å². The van der Waals surface area contributed by atoms with Crippen LogP contribution in [0.15, 0.2) is 47.5 Å². The molecule has 0 saturated carbocycles. The maximum Gasteiger partial charge on any atom is 0.261 e. The first-order valence-corrected chi connectivity index (χ1v) is 8.53. The summed E-state index contributed by atoms with van der Waals surface area (Å²) in [5.74, 6) is 0.412. The summed E-state index contributed by atoms with van der Waals surface area (Å²) < 4.78 is 27.0. The first-order valence-electron chi connectivity index (χ1n) is 6.66. The number of aromatic nitrogens is 1. The highest BCUT2D eigenvalue weighted by Crippen LogP contribution is 2.22. The van der Waals surface area contributed by atoms with Gasteiger partial charge in [-0.05, 0) is 42.2 Å². The average Bonchev–Trinajstić information content (AvgIpc) is 2.49. The van der Waals surface area contributed by atoms with Crippen LogP contribution in [0.5, 0.6) is 0 Å². The van der Waals surface area contributed by atoms with Gasteiger partial charge in [-0.3, -0.25) is 4.72 Å². The van der Waals surface area contributed by atoms with Crippen LogP contribution in [0.25, 0.3) is 0 Å². The van der Waals surface area contributed by atoms with Crippen molar-refractivity contribution >= 4 is 27.3 Å². The lowest BCUT2D eigenvalue weighted by molar-refractivity contribution is 0.601. The topological polar surface area (TPSA) is 59.1 Å². The Morgan fingerprint density at radius 3 is 2.38 bits per heavy atom. The second-order valence-electron chi connectivity index (χ2n) is 4.85. The van der Waals surface area contributed by atoms with Crippen LogP contribution < -0.4 is 4.72 Å². The predicted octanol–water partition coefficient (Wildman–Crippen LogP) is 4.05. The molecule has 1 heterocycles. The third kappa shape index (κ3) is 3.95. The van der Waals surface area contributed by atoms with Crippen molar-refractivity contribution in [2.75, 3.05) is 4.72 Å². The van der Waals surface area contributed by atoms with E-state index in [-0.39, 0.29) is 4.90 Å². The number of nitrogens with zero attached hydrogens (tertiary/aromatic N) is 1. The van der Waals surface area contributed by atoms with Gasteiger partial charge < -0.3 is 0 Å². The molecule has 2 rings (SSSR count). The van der Waals surface area contributed by atoms with E-state index >= 15 is 0 Å². The molecule has 0 amide bonds. The Bertz CT molecular complexity index is 697. The second-order valence-corrected chi connectivity index (χ2v) is 6.92. The van der Waals surface area contributed by atoms with Crippen molar-refractivity contribution < 1.29 is 8.42 Å². The summed E-state index contributed by atoms with van der Waals surface area (Å²) in [6, 6.07) is 10.0. The van der Waals surface area contributed by atoms with E-state index in [0.717, 1.165) is 12.0 Å². The maximum absolute atomic E-state index is 12.3. The monoisotopic (exact) mass is 324 g/mol. The molecule has 112 valence electrons. The molecule has 0 aliphatic carbocycles. The van der Waals surface area contributed by atoms with Gasteiger partial charge in [-0.25, -0.2) is 13.4 Å². The van der Waals surface area contributed by atoms with Crippen molar-refractivity contribution in [1.82, 2.24) is 4.98 Å². The van der Waals surface area contributed by atoms with Gasteiger partial charge in [-0.15, -0.1) is 0 Å². The largest absolute Gasteiger partial charge is 0.278 e. The summed E-state index contributed by atoms with van der Waals surface area (Å²) in [6.45, 7) is 4.21. The van der Waals surface area contributed by atoms with Crippen molar-refractivity contribution in [1.29, 1.82) is 0 Å². The highest BCUT2D eigenvalue weighted by molar-refractivity contribution is 7.92. The van der Waals surface area contributed by atoms with Gasteiger partial charge >= 0.3 is 0 Å². The van der Waals surface area contributed by atoms with Crippen molar-refractivity contribution in [2.45, 2.75) is 31.1 Å². The van der Waals surface area contributed by atoms with E-state index in [0.29, 0.717) is 16.8 Å². The fourth-order valence-electron chi connectivity index (χ4n) is 1.86. The minimum Gasteiger partial charge on any atom is -0.278 e. The van der Waals surface area contributed by atoms with Gasteiger partial charge in [0.1, 0.15) is 5.15 Å². The summed E-state index contributed by atoms with van der Waals surface area (Å²) in [7, 11) is -3.61. The van der Waals surface area contributed by atoms with Gasteiger partial charge in [-0.1, -0.05) is 37.6 Å². The fraction of sp³-hybridized carbons (Fsp3) is 0.267. The minimum atomic E-state index is -3.61. The van der Waals surface area contributed by atoms with E-state index in [4.69, 9.17) is 11.6 Å². The lowest BCUT2D eigenvalue weighted by atomic mass is 9.99. The number of benzene rings is 1. The van der Waals surface area contributed by atoms with Gasteiger partial charge in [0.25, 0.3) is 10.0 Å². The molecule has 0 bridgehead atoms. The molecule has 6 heteroatoms. The summed E-state index contributed by atoms with van der Waals surface area (Å²) in [6.07, 6.45) is 2.40. The van der Waals surface area contributed by atoms with Gasteiger partial charge in [0.15, 0.2) is 0 Å². The Morgan fingerprint density at radius 2 is 1.86 bits per heavy atom. The Morgan fingerprint density at radius 1 is 1.19 bits per heavy atom. The molecule has 2 aromatic rings. The quantitative estimate of drug-likeness (QED) is 0.844. The van der Waals surface area contributed by atoms with Crippen LogP contribution in [0.2, 0.25) is 5.15 Å². The third-order valence-electron chi connectivity index (χ3n) is 3.35. The lowest BCUT2D eigenvalue weighted by Crippen LogP contribution is -2.13. The van der Waals surface area contributed by atoms with Crippen LogP contribution >= 0.6 is 11.6 Å². The molecule has 0 spiro atoms. The highest BCUT2D eigenvalue weighted by atomic mass is 35.5. The molecule has 0 fully saturated rings. The molecular weight excluding hydrogens is 308 g/mol. The molecule has 4 nitrogen and oxygen atoms in total. The maximum atomic E-state index is 12.3. The molecule has 1 N–H and O–H groups in total. The third-order valence-corrected chi connectivity index (χ3v) is 4.97. The standard InChI is InChI=1S/C15H17ClN2O2S/c1-3-11(2)12-4-7-14(8-5-12)21(19,20)18-13-6-9-15(16)17-10-13/h4-11,18H,3H2,1-2H3. The summed E-state index contributed by atoms with van der Waals surface area (Å²) in [5, 5.41) is 0.316. The van der Waals surface area contributed by atoms with Gasteiger partial charge in [0.05, 0.1) is 16.8 Å². The van der Waals surface area contributed by atoms with Crippen LogP contribution in [0, 0.1) is 0 Å². The van der Waals surface area contributed by atoms with E-state index in [1.807, 2.05) is 12.1 Å². The zero-order chi connectivity index (χ0) is 15.5. The molecule has 1 aromatic heterocycles. The minimum absolute atomic E-state index is 0.226. The lowest BCUT2D eigenvalue weighted by Gasteiger charge is -2.11. The molecule has 0 aliphatic heterocycles. The predicted molar refractivity (Wildman–Crippen MR) is 85.2 cm³/mol. The van der Waals surface area contributed by atoms with Crippen LogP contribution in [-0.4, -0.2) is 13.4 Å². The van der Waals surface area contributed by atoms with Crippen LogP contribution in [0.1, 0.15) is 31.7 Å². The molecule has 0 saturated heterocycles. The highest BCUT2D eigenvalue weighted by Gasteiger charge is 2.14. The Balaban J connectivity index is 2.21. The van der Waals surface area contributed by atoms with Gasteiger partial charge in [0, 0.05) is 0 Å². The number of hydrogen-bond acceptors (Lipinski definition) is 3. The Hall–Kier alpha value is -1.59. The molecule has 0 aliphatic rings. The molecule has 21 heavy (non-hydrogen) atoms. The number of rotatable bonds is 5. The fourth-order valence-corrected chi connectivity index (χ4v) is 3.02. The summed E-state index contributed by atoms with van der Waals surface area (Å²) in [4.78, 5) is 4.07. The van der Waals surface area contributed by atoms with Crippen LogP contribution in [-0.2, 0) is 10.0 Å². The van der Waals surface area contributed by atoms with E-state index in [9.17, 15) is 8.42 Å². The van der Waals surface area contributed by atoms with E-state index in [1.165, 1.54) is 12.3 Å². The Kier molecular flexibility index (Phi) is 4.85. The van der Waals surface area contributed by atoms with E-state index in [2.05, 4.69) is 23.6 Å². The molecule has 1 unspecified atom stereocenters. The van der Waals surface area contributed by atoms with Crippen molar-refractivity contribution in [3.05, 3.63) is 53.3 Å². The number of nitrogens with one attached hydrogen (secondary N) is 1. The summed E-state index contributed by atoms with van der Waals surface area (Å²) >= 11 is 5.67. The second kappa shape index (κ2) is 6.45. The number of pyridine rings is 1. The normalized spacial score (nSPS) is 12.9. The zero-order valence-electron chi connectivity index (χ0n) is 11.9. The summed E-state index contributed by atoms with van der Waals surface area (Å²) in [5.41, 5.74) is 1.51. The molecule has 1 aromatic carbocycles.